The van der Waals surface area contributed by atoms with Gasteiger partial charge in [0.2, 0.25) is 0 Å². The van der Waals surface area contributed by atoms with Gasteiger partial charge in [-0.1, -0.05) is 12.1 Å². The zero-order valence-corrected chi connectivity index (χ0v) is 10.1. The molecular formula is C11H10BrNO3. The van der Waals surface area contributed by atoms with Crippen molar-refractivity contribution in [2.75, 3.05) is 0 Å². The van der Waals surface area contributed by atoms with E-state index in [-0.39, 0.29) is 0 Å². The molecule has 1 aromatic carbocycles. The third-order valence-corrected chi connectivity index (χ3v) is 3.09. The molecule has 5 heteroatoms. The first-order chi connectivity index (χ1) is 7.52. The molecule has 1 unspecified atom stereocenters. The molecule has 1 atom stereocenters. The minimum Gasteiger partial charge on any atom is -0.480 e. The lowest BCUT2D eigenvalue weighted by Gasteiger charge is -2.04. The van der Waals surface area contributed by atoms with Crippen molar-refractivity contribution < 1.29 is 14.3 Å². The van der Waals surface area contributed by atoms with Crippen molar-refractivity contribution in [1.82, 2.24) is 0 Å². The fourth-order valence-electron chi connectivity index (χ4n) is 1.73. The number of benzene rings is 1. The van der Waals surface area contributed by atoms with Crippen LogP contribution in [0.2, 0.25) is 0 Å². The van der Waals surface area contributed by atoms with Crippen LogP contribution in [0.15, 0.2) is 27.1 Å². The third kappa shape index (κ3) is 1.62. The summed E-state index contributed by atoms with van der Waals surface area (Å²) in [7, 11) is 0. The maximum Gasteiger partial charge on any atom is 0.325 e. The van der Waals surface area contributed by atoms with Crippen LogP contribution < -0.4 is 5.73 Å². The lowest BCUT2D eigenvalue weighted by molar-refractivity contribution is -0.138. The van der Waals surface area contributed by atoms with Gasteiger partial charge in [-0.3, -0.25) is 4.79 Å². The van der Waals surface area contributed by atoms with E-state index in [9.17, 15) is 4.79 Å². The lowest BCUT2D eigenvalue weighted by atomic mass is 10.0. The first kappa shape index (κ1) is 11.2. The Morgan fingerprint density at radius 2 is 2.25 bits per heavy atom. The van der Waals surface area contributed by atoms with E-state index in [1.807, 2.05) is 12.1 Å². The number of carbonyl (C=O) groups is 1. The highest BCUT2D eigenvalue weighted by Crippen LogP contribution is 2.33. The lowest BCUT2D eigenvalue weighted by Crippen LogP contribution is -2.21. The van der Waals surface area contributed by atoms with Gasteiger partial charge in [0.25, 0.3) is 0 Å². The van der Waals surface area contributed by atoms with E-state index >= 15 is 0 Å². The number of carboxylic acid groups (broad SMARTS) is 1. The number of aryl methyl sites for hydroxylation is 1. The molecule has 2 aromatic rings. The summed E-state index contributed by atoms with van der Waals surface area (Å²) in [5.41, 5.74) is 6.79. The predicted molar refractivity (Wildman–Crippen MR) is 63.2 cm³/mol. The summed E-state index contributed by atoms with van der Waals surface area (Å²) in [6, 6.07) is 4.39. The Balaban J connectivity index is 2.74. The zero-order chi connectivity index (χ0) is 11.9. The topological polar surface area (TPSA) is 76.5 Å². The van der Waals surface area contributed by atoms with E-state index in [1.165, 1.54) is 0 Å². The molecule has 0 amide bonds. The molecule has 0 spiro atoms. The molecule has 0 saturated heterocycles. The van der Waals surface area contributed by atoms with Gasteiger partial charge in [-0.25, -0.2) is 0 Å². The molecule has 1 heterocycles. The highest BCUT2D eigenvalue weighted by atomic mass is 79.9. The van der Waals surface area contributed by atoms with Crippen LogP contribution in [0.25, 0.3) is 11.0 Å². The largest absolute Gasteiger partial charge is 0.480 e. The Labute approximate surface area is 100 Å². The highest BCUT2D eigenvalue weighted by molar-refractivity contribution is 9.10. The van der Waals surface area contributed by atoms with Gasteiger partial charge in [-0.2, -0.15) is 0 Å². The number of hydrogen-bond donors (Lipinski definition) is 2. The summed E-state index contributed by atoms with van der Waals surface area (Å²) in [5, 5.41) is 9.67. The van der Waals surface area contributed by atoms with Crippen LogP contribution in [0.5, 0.6) is 0 Å². The first-order valence-corrected chi connectivity index (χ1v) is 5.47. The van der Waals surface area contributed by atoms with E-state index < -0.39 is 12.0 Å². The summed E-state index contributed by atoms with van der Waals surface area (Å²) in [5.74, 6) is -0.525. The van der Waals surface area contributed by atoms with Gasteiger partial charge in [-0.05, 0) is 28.9 Å². The summed E-state index contributed by atoms with van der Waals surface area (Å²) < 4.78 is 6.30. The summed E-state index contributed by atoms with van der Waals surface area (Å²) in [6.45, 7) is 1.71. The SMILES string of the molecule is Cc1oc2c(Br)cccc2c1C(N)C(=O)O. The van der Waals surface area contributed by atoms with Gasteiger partial charge in [0.1, 0.15) is 17.4 Å². The maximum atomic E-state index is 10.9. The van der Waals surface area contributed by atoms with E-state index in [4.69, 9.17) is 15.3 Å². The van der Waals surface area contributed by atoms with Crippen LogP contribution in [0.3, 0.4) is 0 Å². The highest BCUT2D eigenvalue weighted by Gasteiger charge is 2.23. The molecule has 0 aliphatic carbocycles. The summed E-state index contributed by atoms with van der Waals surface area (Å²) in [6.07, 6.45) is 0. The average Bonchev–Trinajstić information content (AvgIpc) is 2.55. The van der Waals surface area contributed by atoms with E-state index in [0.717, 1.165) is 9.86 Å². The number of halogens is 1. The molecule has 0 saturated carbocycles. The Kier molecular flexibility index (Phi) is 2.73. The predicted octanol–water partition coefficient (Wildman–Crippen LogP) is 2.59. The Morgan fingerprint density at radius 3 is 2.88 bits per heavy atom. The average molecular weight is 284 g/mol. The van der Waals surface area contributed by atoms with Crippen LogP contribution in [-0.2, 0) is 4.79 Å². The minimum atomic E-state index is -1.06. The Hall–Kier alpha value is -1.33. The molecule has 0 fully saturated rings. The van der Waals surface area contributed by atoms with Gasteiger partial charge >= 0.3 is 5.97 Å². The number of furan rings is 1. The van der Waals surface area contributed by atoms with Crippen LogP contribution in [0.4, 0.5) is 0 Å². The Bertz CT molecular complexity index is 562. The smallest absolute Gasteiger partial charge is 0.325 e. The number of rotatable bonds is 2. The van der Waals surface area contributed by atoms with Gasteiger partial charge in [0.15, 0.2) is 0 Å². The standard InChI is InChI=1S/C11H10BrNO3/c1-5-8(9(13)11(14)15)6-3-2-4-7(12)10(6)16-5/h2-4,9H,13H2,1H3,(H,14,15). The van der Waals surface area contributed by atoms with E-state index in [1.54, 1.807) is 13.0 Å². The molecule has 2 rings (SSSR count). The van der Waals surface area contributed by atoms with Gasteiger partial charge < -0.3 is 15.3 Å². The van der Waals surface area contributed by atoms with Crippen molar-refractivity contribution in [3.63, 3.8) is 0 Å². The molecular weight excluding hydrogens is 274 g/mol. The van der Waals surface area contributed by atoms with Crippen LogP contribution >= 0.6 is 15.9 Å². The van der Waals surface area contributed by atoms with Crippen molar-refractivity contribution >= 4 is 32.9 Å². The van der Waals surface area contributed by atoms with E-state index in [0.29, 0.717) is 16.9 Å². The fourth-order valence-corrected chi connectivity index (χ4v) is 2.18. The van der Waals surface area contributed by atoms with Gasteiger partial charge in [0, 0.05) is 10.9 Å². The molecule has 84 valence electrons. The van der Waals surface area contributed by atoms with Crippen molar-refractivity contribution in [1.29, 1.82) is 0 Å². The molecule has 1 aromatic heterocycles. The monoisotopic (exact) mass is 283 g/mol. The second-order valence-electron chi connectivity index (χ2n) is 3.50. The molecule has 4 nitrogen and oxygen atoms in total. The van der Waals surface area contributed by atoms with Crippen LogP contribution in [0, 0.1) is 6.92 Å². The number of carboxylic acids is 1. The number of para-hydroxylation sites is 1. The second kappa shape index (κ2) is 3.92. The van der Waals surface area contributed by atoms with Crippen LogP contribution in [-0.4, -0.2) is 11.1 Å². The normalized spacial score (nSPS) is 12.9. The molecule has 0 aliphatic rings. The van der Waals surface area contributed by atoms with Gasteiger partial charge in [0.05, 0.1) is 4.47 Å². The fraction of sp³-hybridized carbons (Fsp3) is 0.182. The second-order valence-corrected chi connectivity index (χ2v) is 4.36. The molecule has 0 aliphatic heterocycles. The van der Waals surface area contributed by atoms with Crippen molar-refractivity contribution in [3.05, 3.63) is 34.0 Å². The molecule has 16 heavy (non-hydrogen) atoms. The third-order valence-electron chi connectivity index (χ3n) is 2.47. The zero-order valence-electron chi connectivity index (χ0n) is 8.53. The first-order valence-electron chi connectivity index (χ1n) is 4.68. The van der Waals surface area contributed by atoms with Crippen molar-refractivity contribution in [3.8, 4) is 0 Å². The van der Waals surface area contributed by atoms with Gasteiger partial charge in [-0.15, -0.1) is 0 Å². The quantitative estimate of drug-likeness (QED) is 0.888. The number of hydrogen-bond acceptors (Lipinski definition) is 3. The molecule has 0 bridgehead atoms. The van der Waals surface area contributed by atoms with Crippen LogP contribution in [0.1, 0.15) is 17.4 Å². The summed E-state index contributed by atoms with van der Waals surface area (Å²) >= 11 is 3.35. The number of nitrogens with two attached hydrogens (primary N) is 1. The van der Waals surface area contributed by atoms with Crippen molar-refractivity contribution in [2.24, 2.45) is 5.73 Å². The van der Waals surface area contributed by atoms with Crippen molar-refractivity contribution in [2.45, 2.75) is 13.0 Å². The molecule has 3 N–H and O–H groups in total. The Morgan fingerprint density at radius 1 is 1.56 bits per heavy atom. The maximum absolute atomic E-state index is 10.9. The minimum absolute atomic E-state index is 0.531. The molecule has 0 radical (unpaired) electrons. The van der Waals surface area contributed by atoms with E-state index in [2.05, 4.69) is 15.9 Å². The summed E-state index contributed by atoms with van der Waals surface area (Å²) in [4.78, 5) is 10.9. The number of fused-ring (bicyclic) bond motifs is 1. The number of aliphatic carboxylic acids is 1.